The first-order valence-electron chi connectivity index (χ1n) is 9.43. The SMILES string of the molecule is Cc1nc(N2CCCC(CC(N)=O)CC2)c2cnn(-c3ccccc3)c2n1. The summed E-state index contributed by atoms with van der Waals surface area (Å²) < 4.78 is 1.86. The Labute approximate surface area is 158 Å². The number of fused-ring (bicyclic) bond motifs is 1. The standard InChI is InChI=1S/C20H24N6O/c1-14-23-19(25-10-5-6-15(9-11-25)12-18(21)27)17-13-22-26(20(17)24-14)16-7-3-2-4-8-16/h2-4,7-8,13,15H,5-6,9-12H2,1H3,(H2,21,27). The highest BCUT2D eigenvalue weighted by molar-refractivity contribution is 5.88. The lowest BCUT2D eigenvalue weighted by Crippen LogP contribution is -2.26. The summed E-state index contributed by atoms with van der Waals surface area (Å²) in [6.45, 7) is 3.69. The molecule has 140 valence electrons. The number of anilines is 1. The highest BCUT2D eigenvalue weighted by atomic mass is 16.1. The Morgan fingerprint density at radius 2 is 2.00 bits per heavy atom. The molecule has 0 radical (unpaired) electrons. The maximum Gasteiger partial charge on any atom is 0.217 e. The Morgan fingerprint density at radius 3 is 2.78 bits per heavy atom. The Balaban J connectivity index is 1.68. The summed E-state index contributed by atoms with van der Waals surface area (Å²) in [6, 6.07) is 10.0. The number of rotatable bonds is 4. The number of hydrogen-bond donors (Lipinski definition) is 1. The van der Waals surface area contributed by atoms with Gasteiger partial charge in [-0.05, 0) is 44.2 Å². The van der Waals surface area contributed by atoms with Crippen LogP contribution in [0, 0.1) is 12.8 Å². The molecule has 1 amide bonds. The Kier molecular flexibility index (Phi) is 4.75. The normalized spacial score (nSPS) is 17.8. The molecule has 4 rings (SSSR count). The molecule has 3 aromatic rings. The van der Waals surface area contributed by atoms with Crippen LogP contribution >= 0.6 is 0 Å². The van der Waals surface area contributed by atoms with E-state index in [2.05, 4.69) is 15.0 Å². The van der Waals surface area contributed by atoms with Gasteiger partial charge < -0.3 is 10.6 Å². The average Bonchev–Trinajstić information content (AvgIpc) is 2.94. The van der Waals surface area contributed by atoms with E-state index in [1.54, 1.807) is 0 Å². The number of carbonyl (C=O) groups excluding carboxylic acids is 1. The topological polar surface area (TPSA) is 89.9 Å². The predicted octanol–water partition coefficient (Wildman–Crippen LogP) is 2.61. The third-order valence-corrected chi connectivity index (χ3v) is 5.16. The van der Waals surface area contributed by atoms with E-state index in [0.29, 0.717) is 12.3 Å². The zero-order valence-corrected chi connectivity index (χ0v) is 15.5. The number of primary amides is 1. The Morgan fingerprint density at radius 1 is 1.19 bits per heavy atom. The third-order valence-electron chi connectivity index (χ3n) is 5.16. The molecule has 7 heteroatoms. The van der Waals surface area contributed by atoms with Crippen LogP contribution in [0.1, 0.15) is 31.5 Å². The van der Waals surface area contributed by atoms with Gasteiger partial charge in [0.2, 0.25) is 5.91 Å². The molecular weight excluding hydrogens is 340 g/mol. The van der Waals surface area contributed by atoms with Gasteiger partial charge in [0.1, 0.15) is 11.6 Å². The lowest BCUT2D eigenvalue weighted by atomic mass is 9.97. The maximum atomic E-state index is 11.3. The molecule has 2 aromatic heterocycles. The van der Waals surface area contributed by atoms with Crippen LogP contribution in [0.2, 0.25) is 0 Å². The van der Waals surface area contributed by atoms with E-state index in [0.717, 1.165) is 60.7 Å². The minimum Gasteiger partial charge on any atom is -0.370 e. The zero-order valence-electron chi connectivity index (χ0n) is 15.5. The second kappa shape index (κ2) is 7.34. The lowest BCUT2D eigenvalue weighted by molar-refractivity contribution is -0.118. The van der Waals surface area contributed by atoms with Crippen molar-refractivity contribution in [1.82, 2.24) is 19.7 Å². The molecule has 1 unspecified atom stereocenters. The zero-order chi connectivity index (χ0) is 18.8. The van der Waals surface area contributed by atoms with Crippen LogP contribution in [0.5, 0.6) is 0 Å². The smallest absolute Gasteiger partial charge is 0.217 e. The molecule has 1 saturated heterocycles. The fraction of sp³-hybridized carbons (Fsp3) is 0.400. The van der Waals surface area contributed by atoms with Gasteiger partial charge in [0.05, 0.1) is 17.3 Å². The first-order valence-corrected chi connectivity index (χ1v) is 9.43. The van der Waals surface area contributed by atoms with Crippen LogP contribution in [0.3, 0.4) is 0 Å². The Hall–Kier alpha value is -2.96. The number of carbonyl (C=O) groups is 1. The molecule has 2 N–H and O–H groups in total. The van der Waals surface area contributed by atoms with E-state index in [4.69, 9.17) is 10.7 Å². The van der Waals surface area contributed by atoms with Gasteiger partial charge in [0.15, 0.2) is 5.65 Å². The number of nitrogens with zero attached hydrogens (tertiary/aromatic N) is 5. The van der Waals surface area contributed by atoms with E-state index < -0.39 is 0 Å². The number of amides is 1. The molecule has 1 atom stereocenters. The van der Waals surface area contributed by atoms with Crippen LogP contribution in [-0.4, -0.2) is 38.7 Å². The number of benzene rings is 1. The van der Waals surface area contributed by atoms with Gasteiger partial charge in [-0.25, -0.2) is 14.6 Å². The van der Waals surface area contributed by atoms with Gasteiger partial charge in [-0.3, -0.25) is 4.79 Å². The third kappa shape index (κ3) is 3.63. The first kappa shape index (κ1) is 17.5. The number of aryl methyl sites for hydroxylation is 1. The summed E-state index contributed by atoms with van der Waals surface area (Å²) in [6.07, 6.45) is 5.31. The first-order chi connectivity index (χ1) is 13.1. The van der Waals surface area contributed by atoms with E-state index in [1.807, 2.05) is 48.1 Å². The molecule has 0 bridgehead atoms. The quantitative estimate of drug-likeness (QED) is 0.768. The largest absolute Gasteiger partial charge is 0.370 e. The highest BCUT2D eigenvalue weighted by Gasteiger charge is 2.22. The summed E-state index contributed by atoms with van der Waals surface area (Å²) >= 11 is 0. The van der Waals surface area contributed by atoms with Crippen LogP contribution < -0.4 is 10.6 Å². The number of nitrogens with two attached hydrogens (primary N) is 1. The fourth-order valence-electron chi connectivity index (χ4n) is 3.86. The van der Waals surface area contributed by atoms with E-state index in [-0.39, 0.29) is 5.91 Å². The van der Waals surface area contributed by atoms with Crippen LogP contribution in [0.4, 0.5) is 5.82 Å². The van der Waals surface area contributed by atoms with E-state index in [9.17, 15) is 4.79 Å². The lowest BCUT2D eigenvalue weighted by Gasteiger charge is -2.22. The predicted molar refractivity (Wildman–Crippen MR) is 105 cm³/mol. The number of para-hydroxylation sites is 1. The van der Waals surface area contributed by atoms with Gasteiger partial charge in [0.25, 0.3) is 0 Å². The minimum absolute atomic E-state index is 0.210. The summed E-state index contributed by atoms with van der Waals surface area (Å²) in [5.41, 5.74) is 7.19. The number of aromatic nitrogens is 4. The van der Waals surface area contributed by atoms with Crippen LogP contribution in [-0.2, 0) is 4.79 Å². The molecule has 0 aliphatic carbocycles. The molecule has 27 heavy (non-hydrogen) atoms. The molecule has 7 nitrogen and oxygen atoms in total. The van der Waals surface area contributed by atoms with Crippen LogP contribution in [0.25, 0.3) is 16.7 Å². The fourth-order valence-corrected chi connectivity index (χ4v) is 3.86. The second-order valence-electron chi connectivity index (χ2n) is 7.18. The van der Waals surface area contributed by atoms with Crippen LogP contribution in [0.15, 0.2) is 36.5 Å². The minimum atomic E-state index is -0.210. The molecule has 1 aliphatic rings. The summed E-state index contributed by atoms with van der Waals surface area (Å²) in [7, 11) is 0. The average molecular weight is 364 g/mol. The summed E-state index contributed by atoms with van der Waals surface area (Å²) in [4.78, 5) is 22.9. The maximum absolute atomic E-state index is 11.3. The van der Waals surface area contributed by atoms with Gasteiger partial charge in [-0.15, -0.1) is 0 Å². The molecular formula is C20H24N6O. The van der Waals surface area contributed by atoms with Crippen molar-refractivity contribution in [2.24, 2.45) is 11.7 Å². The Bertz CT molecular complexity index is 952. The molecule has 1 fully saturated rings. The van der Waals surface area contributed by atoms with E-state index in [1.165, 1.54) is 0 Å². The number of hydrogen-bond acceptors (Lipinski definition) is 5. The van der Waals surface area contributed by atoms with Crippen molar-refractivity contribution in [1.29, 1.82) is 0 Å². The van der Waals surface area contributed by atoms with Crippen molar-refractivity contribution in [3.63, 3.8) is 0 Å². The summed E-state index contributed by atoms with van der Waals surface area (Å²) in [5, 5.41) is 5.52. The van der Waals surface area contributed by atoms with Crippen molar-refractivity contribution in [2.45, 2.75) is 32.6 Å². The molecule has 0 saturated carbocycles. The highest BCUT2D eigenvalue weighted by Crippen LogP contribution is 2.29. The monoisotopic (exact) mass is 364 g/mol. The molecule has 1 aromatic carbocycles. The molecule has 3 heterocycles. The van der Waals surface area contributed by atoms with Crippen molar-refractivity contribution in [2.75, 3.05) is 18.0 Å². The van der Waals surface area contributed by atoms with Crippen molar-refractivity contribution >= 4 is 22.8 Å². The van der Waals surface area contributed by atoms with Gasteiger partial charge >= 0.3 is 0 Å². The van der Waals surface area contributed by atoms with Crippen molar-refractivity contribution < 1.29 is 4.79 Å². The molecule has 1 aliphatic heterocycles. The van der Waals surface area contributed by atoms with Gasteiger partial charge in [0, 0.05) is 19.5 Å². The van der Waals surface area contributed by atoms with E-state index >= 15 is 0 Å². The van der Waals surface area contributed by atoms with Crippen molar-refractivity contribution in [3.05, 3.63) is 42.4 Å². The second-order valence-corrected chi connectivity index (χ2v) is 7.18. The van der Waals surface area contributed by atoms with Gasteiger partial charge in [-0.1, -0.05) is 18.2 Å². The summed E-state index contributed by atoms with van der Waals surface area (Å²) in [5.74, 6) is 1.81. The van der Waals surface area contributed by atoms with Gasteiger partial charge in [-0.2, -0.15) is 5.10 Å². The molecule has 0 spiro atoms. The van der Waals surface area contributed by atoms with Crippen molar-refractivity contribution in [3.8, 4) is 5.69 Å².